The van der Waals surface area contributed by atoms with Crippen molar-refractivity contribution in [2.75, 3.05) is 5.32 Å². The summed E-state index contributed by atoms with van der Waals surface area (Å²) >= 11 is 1.20. The van der Waals surface area contributed by atoms with Gasteiger partial charge in [0.2, 0.25) is 11.8 Å². The van der Waals surface area contributed by atoms with Gasteiger partial charge in [0.15, 0.2) is 5.13 Å². The van der Waals surface area contributed by atoms with E-state index < -0.39 is 35.2 Å². The fourth-order valence-corrected chi connectivity index (χ4v) is 4.30. The number of ether oxygens (including phenoxy) is 1. The highest BCUT2D eigenvalue weighted by atomic mass is 32.1. The molecule has 36 heavy (non-hydrogen) atoms. The van der Waals surface area contributed by atoms with Crippen molar-refractivity contribution < 1.29 is 23.8 Å². The number of benzene rings is 2. The molecule has 9 heteroatoms. The van der Waals surface area contributed by atoms with Crippen molar-refractivity contribution in [3.63, 3.8) is 0 Å². The van der Waals surface area contributed by atoms with Crippen LogP contribution in [0.25, 0.3) is 10.4 Å². The van der Waals surface area contributed by atoms with Crippen LogP contribution in [0.1, 0.15) is 46.1 Å². The molecule has 2 aromatic carbocycles. The Morgan fingerprint density at radius 3 is 2.53 bits per heavy atom. The number of para-hydroxylation sites is 1. The first-order valence-corrected chi connectivity index (χ1v) is 12.6. The molecule has 2 atom stereocenters. The van der Waals surface area contributed by atoms with Crippen molar-refractivity contribution in [3.8, 4) is 16.2 Å². The molecule has 0 bridgehead atoms. The Balaban J connectivity index is 1.73. The third-order valence-corrected chi connectivity index (χ3v) is 6.44. The van der Waals surface area contributed by atoms with Crippen LogP contribution in [0.2, 0.25) is 0 Å². The third kappa shape index (κ3) is 7.35. The summed E-state index contributed by atoms with van der Waals surface area (Å²) in [6.07, 6.45) is 1.37. The highest BCUT2D eigenvalue weighted by molar-refractivity contribution is 7.19. The molecule has 0 aliphatic carbocycles. The average Bonchev–Trinajstić information content (AvgIpc) is 3.30. The lowest BCUT2D eigenvalue weighted by Gasteiger charge is -2.26. The second-order valence-corrected chi connectivity index (χ2v) is 10.6. The molecule has 192 valence electrons. The van der Waals surface area contributed by atoms with E-state index >= 15 is 0 Å². The number of carbonyl (C=O) groups is 2. The predicted octanol–water partition coefficient (Wildman–Crippen LogP) is 5.16. The number of halogens is 1. The van der Waals surface area contributed by atoms with Gasteiger partial charge in [0.05, 0.1) is 4.88 Å². The van der Waals surface area contributed by atoms with Crippen LogP contribution in [0.5, 0.6) is 5.75 Å². The number of thiazole rings is 1. The van der Waals surface area contributed by atoms with Gasteiger partial charge in [-0.1, -0.05) is 69.7 Å². The third-order valence-electron chi connectivity index (χ3n) is 5.49. The van der Waals surface area contributed by atoms with Gasteiger partial charge >= 0.3 is 0 Å². The van der Waals surface area contributed by atoms with Gasteiger partial charge in [-0.05, 0) is 41.7 Å². The van der Waals surface area contributed by atoms with E-state index in [0.717, 1.165) is 5.56 Å². The van der Waals surface area contributed by atoms with E-state index in [2.05, 4.69) is 15.6 Å². The lowest BCUT2D eigenvalue weighted by molar-refractivity contribution is -0.137. The van der Waals surface area contributed by atoms with E-state index in [1.165, 1.54) is 23.5 Å². The van der Waals surface area contributed by atoms with Gasteiger partial charge in [0.25, 0.3) is 0 Å². The molecule has 0 spiro atoms. The highest BCUT2D eigenvalue weighted by Gasteiger charge is 2.32. The van der Waals surface area contributed by atoms with E-state index in [1.807, 2.05) is 37.3 Å². The summed E-state index contributed by atoms with van der Waals surface area (Å²) < 4.78 is 19.9. The maximum absolute atomic E-state index is 14.1. The summed E-state index contributed by atoms with van der Waals surface area (Å²) in [5.74, 6) is -0.723. The molecule has 3 aromatic rings. The number of aliphatic hydroxyl groups is 1. The maximum atomic E-state index is 14.1. The Bertz CT molecular complexity index is 1180. The first kappa shape index (κ1) is 27.3. The molecule has 0 saturated heterocycles. The van der Waals surface area contributed by atoms with Gasteiger partial charge in [-0.15, -0.1) is 0 Å². The number of hydrogen-bond acceptors (Lipinski definition) is 6. The van der Waals surface area contributed by atoms with Crippen molar-refractivity contribution in [2.24, 2.45) is 5.41 Å². The smallest absolute Gasteiger partial charge is 0.250 e. The Hall–Kier alpha value is -3.30. The molecule has 1 aromatic heterocycles. The van der Waals surface area contributed by atoms with Crippen molar-refractivity contribution in [3.05, 3.63) is 66.1 Å². The lowest BCUT2D eigenvalue weighted by Crippen LogP contribution is -2.50. The monoisotopic (exact) mass is 513 g/mol. The standard InChI is InChI=1S/C27H32FN3O4S/c1-5-9-21(30-25(34)23(32)27(2,3)4)24(33)31-26-29-15-22(36-26)20-14-18(28)13-12-17(20)16-35-19-10-7-6-8-11-19/h6-8,10-15,21,23,32H,5,9,16H2,1-4H3,(H,30,34)(H,29,31,33)/t21?,23-/m1/s1. The Labute approximate surface area is 214 Å². The van der Waals surface area contributed by atoms with Gasteiger partial charge in [0.1, 0.15) is 30.3 Å². The molecule has 1 unspecified atom stereocenters. The Kier molecular flexibility index (Phi) is 9.17. The second kappa shape index (κ2) is 12.1. The number of rotatable bonds is 10. The second-order valence-electron chi connectivity index (χ2n) is 9.54. The number of amides is 2. The fraction of sp³-hybridized carbons (Fsp3) is 0.370. The predicted molar refractivity (Wildman–Crippen MR) is 139 cm³/mol. The van der Waals surface area contributed by atoms with E-state index in [4.69, 9.17) is 4.74 Å². The van der Waals surface area contributed by atoms with Crippen LogP contribution < -0.4 is 15.4 Å². The van der Waals surface area contributed by atoms with Gasteiger partial charge in [0, 0.05) is 11.8 Å². The topological polar surface area (TPSA) is 101 Å². The van der Waals surface area contributed by atoms with E-state index in [9.17, 15) is 19.1 Å². The number of hydrogen-bond donors (Lipinski definition) is 3. The van der Waals surface area contributed by atoms with Crippen LogP contribution in [0, 0.1) is 11.2 Å². The molecule has 0 radical (unpaired) electrons. The number of anilines is 1. The molecule has 0 aliphatic heterocycles. The number of carbonyl (C=O) groups excluding carboxylic acids is 2. The zero-order chi connectivity index (χ0) is 26.3. The average molecular weight is 514 g/mol. The van der Waals surface area contributed by atoms with Crippen molar-refractivity contribution in [2.45, 2.75) is 59.3 Å². The summed E-state index contributed by atoms with van der Waals surface area (Å²) in [7, 11) is 0. The highest BCUT2D eigenvalue weighted by Crippen LogP contribution is 2.33. The molecular formula is C27H32FN3O4S. The summed E-state index contributed by atoms with van der Waals surface area (Å²) in [5.41, 5.74) is 0.735. The lowest BCUT2D eigenvalue weighted by atomic mass is 9.88. The van der Waals surface area contributed by atoms with Crippen molar-refractivity contribution in [1.82, 2.24) is 10.3 Å². The van der Waals surface area contributed by atoms with Crippen LogP contribution in [0.3, 0.4) is 0 Å². The summed E-state index contributed by atoms with van der Waals surface area (Å²) in [6, 6.07) is 13.0. The fourth-order valence-electron chi connectivity index (χ4n) is 3.43. The summed E-state index contributed by atoms with van der Waals surface area (Å²) in [5, 5.41) is 15.9. The van der Waals surface area contributed by atoms with E-state index in [-0.39, 0.29) is 6.61 Å². The molecule has 0 fully saturated rings. The summed E-state index contributed by atoms with van der Waals surface area (Å²) in [4.78, 5) is 30.3. The van der Waals surface area contributed by atoms with Crippen molar-refractivity contribution in [1.29, 1.82) is 0 Å². The van der Waals surface area contributed by atoms with Crippen LogP contribution in [-0.4, -0.2) is 34.1 Å². The molecule has 2 amide bonds. The Morgan fingerprint density at radius 1 is 1.14 bits per heavy atom. The largest absolute Gasteiger partial charge is 0.489 e. The quantitative estimate of drug-likeness (QED) is 0.348. The normalized spacial score (nSPS) is 13.1. The zero-order valence-electron chi connectivity index (χ0n) is 20.9. The maximum Gasteiger partial charge on any atom is 0.250 e. The van der Waals surface area contributed by atoms with E-state index in [0.29, 0.717) is 34.2 Å². The van der Waals surface area contributed by atoms with Gasteiger partial charge in [-0.3, -0.25) is 9.59 Å². The number of aliphatic hydroxyl groups excluding tert-OH is 1. The molecule has 3 rings (SSSR count). The molecule has 0 saturated carbocycles. The molecule has 7 nitrogen and oxygen atoms in total. The van der Waals surface area contributed by atoms with Gasteiger partial charge in [-0.25, -0.2) is 9.37 Å². The number of aromatic nitrogens is 1. The van der Waals surface area contributed by atoms with E-state index in [1.54, 1.807) is 33.0 Å². The minimum Gasteiger partial charge on any atom is -0.489 e. The molecule has 0 aliphatic rings. The molecular weight excluding hydrogens is 481 g/mol. The van der Waals surface area contributed by atoms with Crippen molar-refractivity contribution >= 4 is 28.3 Å². The summed E-state index contributed by atoms with van der Waals surface area (Å²) in [6.45, 7) is 7.37. The number of nitrogens with zero attached hydrogens (tertiary/aromatic N) is 1. The van der Waals surface area contributed by atoms with Gasteiger partial charge in [-0.2, -0.15) is 0 Å². The first-order valence-electron chi connectivity index (χ1n) is 11.8. The Morgan fingerprint density at radius 2 is 1.86 bits per heavy atom. The minimum absolute atomic E-state index is 0.236. The molecule has 3 N–H and O–H groups in total. The number of nitrogens with one attached hydrogen (secondary N) is 2. The first-order chi connectivity index (χ1) is 17.1. The minimum atomic E-state index is -1.25. The van der Waals surface area contributed by atoms with Crippen LogP contribution in [-0.2, 0) is 16.2 Å². The van der Waals surface area contributed by atoms with Gasteiger partial charge < -0.3 is 20.5 Å². The zero-order valence-corrected chi connectivity index (χ0v) is 21.7. The molecule has 1 heterocycles. The SMILES string of the molecule is CCCC(NC(=O)[C@@H](O)C(C)(C)C)C(=O)Nc1ncc(-c2cc(F)ccc2COc2ccccc2)s1. The van der Waals surface area contributed by atoms with Crippen LogP contribution in [0.4, 0.5) is 9.52 Å². The van der Waals surface area contributed by atoms with Crippen LogP contribution >= 0.6 is 11.3 Å². The van der Waals surface area contributed by atoms with Crippen LogP contribution in [0.15, 0.2) is 54.7 Å².